The highest BCUT2D eigenvalue weighted by Crippen LogP contribution is 2.28. The highest BCUT2D eigenvalue weighted by atomic mass is 19.4. The van der Waals surface area contributed by atoms with Crippen LogP contribution in [-0.2, 0) is 0 Å². The molecule has 0 atom stereocenters. The predicted octanol–water partition coefficient (Wildman–Crippen LogP) is 2.21. The first-order valence-electron chi connectivity index (χ1n) is 1.67. The van der Waals surface area contributed by atoms with Gasteiger partial charge < -0.3 is 5.11 Å². The van der Waals surface area contributed by atoms with Crippen molar-refractivity contribution in [2.75, 3.05) is 0 Å². The Morgan fingerprint density at radius 2 is 1.44 bits per heavy atom. The summed E-state index contributed by atoms with van der Waals surface area (Å²) in [5.74, 6) is -3.11. The number of halogens is 5. The van der Waals surface area contributed by atoms with E-state index in [1.165, 1.54) is 0 Å². The zero-order valence-electron chi connectivity index (χ0n) is 3.84. The molecular weight excluding hydrogens is 147 g/mol. The molecule has 1 N–H and O–H groups in total. The molecule has 0 amide bonds. The first kappa shape index (κ1) is 8.19. The third-order valence-corrected chi connectivity index (χ3v) is 0.430. The van der Waals surface area contributed by atoms with Crippen LogP contribution in [0.25, 0.3) is 0 Å². The first-order chi connectivity index (χ1) is 3.85. The number of rotatable bonds is 0. The van der Waals surface area contributed by atoms with E-state index < -0.39 is 18.0 Å². The zero-order valence-corrected chi connectivity index (χ0v) is 3.84. The Morgan fingerprint density at radius 1 is 1.11 bits per heavy atom. The van der Waals surface area contributed by atoms with Gasteiger partial charge in [-0.15, -0.1) is 0 Å². The van der Waals surface area contributed by atoms with Gasteiger partial charge in [0, 0.05) is 0 Å². The molecule has 0 saturated carbocycles. The van der Waals surface area contributed by atoms with Crippen molar-refractivity contribution in [3.8, 4) is 0 Å². The first-order valence-corrected chi connectivity index (χ1v) is 1.67. The van der Waals surface area contributed by atoms with Crippen molar-refractivity contribution in [1.29, 1.82) is 0 Å². The van der Waals surface area contributed by atoms with Crippen LogP contribution < -0.4 is 0 Å². The van der Waals surface area contributed by atoms with Gasteiger partial charge in [-0.05, 0) is 0 Å². The number of allylic oxidation sites excluding steroid dienone is 1. The molecule has 0 aromatic heterocycles. The molecule has 1 nitrogen and oxygen atoms in total. The maximum atomic E-state index is 11.2. The molecule has 0 saturated heterocycles. The lowest BCUT2D eigenvalue weighted by molar-refractivity contribution is -0.114. The fraction of sp³-hybridized carbons (Fsp3) is 0.333. The monoisotopic (exact) mass is 148 g/mol. The van der Waals surface area contributed by atoms with E-state index in [9.17, 15) is 22.0 Å². The van der Waals surface area contributed by atoms with Gasteiger partial charge in [0.15, 0.2) is 0 Å². The summed E-state index contributed by atoms with van der Waals surface area (Å²) in [5, 5.41) is 7.27. The van der Waals surface area contributed by atoms with E-state index in [1.807, 2.05) is 0 Å². The van der Waals surface area contributed by atoms with Gasteiger partial charge in [-0.2, -0.15) is 22.0 Å². The molecule has 0 aliphatic carbocycles. The lowest BCUT2D eigenvalue weighted by Crippen LogP contribution is -2.09. The highest BCUT2D eigenvalue weighted by molar-refractivity contribution is 4.98. The topological polar surface area (TPSA) is 20.2 Å². The Morgan fingerprint density at radius 3 is 1.44 bits per heavy atom. The minimum absolute atomic E-state index is 2.84. The van der Waals surface area contributed by atoms with Crippen molar-refractivity contribution >= 4 is 0 Å². The SMILES string of the molecule is O/C(F)=C(\F)C(F)(F)F. The number of hydrogen-bond acceptors (Lipinski definition) is 1. The number of aliphatic hydroxyl groups excluding tert-OH is 1. The third kappa shape index (κ3) is 2.29. The van der Waals surface area contributed by atoms with E-state index in [0.29, 0.717) is 0 Å². The second kappa shape index (κ2) is 2.20. The van der Waals surface area contributed by atoms with Gasteiger partial charge in [-0.3, -0.25) is 0 Å². The van der Waals surface area contributed by atoms with E-state index >= 15 is 0 Å². The molecular formula is C3HF5O. The van der Waals surface area contributed by atoms with Gasteiger partial charge in [0.1, 0.15) is 0 Å². The Kier molecular flexibility index (Phi) is 2.00. The molecule has 9 heavy (non-hydrogen) atoms. The van der Waals surface area contributed by atoms with Crippen LogP contribution >= 0.6 is 0 Å². The average molecular weight is 148 g/mol. The molecule has 0 unspecified atom stereocenters. The summed E-state index contributed by atoms with van der Waals surface area (Å²) in [5.41, 5.74) is 0. The second-order valence-corrected chi connectivity index (χ2v) is 1.10. The lowest BCUT2D eigenvalue weighted by Gasteiger charge is -1.99. The Bertz CT molecular complexity index is 130. The Balaban J connectivity index is 4.40. The van der Waals surface area contributed by atoms with Crippen molar-refractivity contribution in [3.63, 3.8) is 0 Å². The summed E-state index contributed by atoms with van der Waals surface area (Å²) >= 11 is 0. The summed E-state index contributed by atoms with van der Waals surface area (Å²) in [6.07, 6.45) is -5.43. The van der Waals surface area contributed by atoms with Crippen molar-refractivity contribution in [2.45, 2.75) is 6.18 Å². The summed E-state index contributed by atoms with van der Waals surface area (Å²) in [6, 6.07) is -2.84. The van der Waals surface area contributed by atoms with Crippen molar-refractivity contribution in [3.05, 3.63) is 11.8 Å². The zero-order chi connectivity index (χ0) is 7.65. The summed E-state index contributed by atoms with van der Waals surface area (Å²) < 4.78 is 54.7. The number of alkyl halides is 3. The number of aliphatic hydroxyl groups is 1. The fourth-order valence-electron chi connectivity index (χ4n) is 0.117. The average Bonchev–Trinajstić information content (AvgIpc) is 1.62. The van der Waals surface area contributed by atoms with Crippen LogP contribution in [0.5, 0.6) is 0 Å². The second-order valence-electron chi connectivity index (χ2n) is 1.10. The molecule has 6 heteroatoms. The van der Waals surface area contributed by atoms with Gasteiger partial charge in [-0.1, -0.05) is 0 Å². The van der Waals surface area contributed by atoms with E-state index in [-0.39, 0.29) is 0 Å². The molecule has 54 valence electrons. The van der Waals surface area contributed by atoms with Gasteiger partial charge in [0.05, 0.1) is 0 Å². The Hall–Kier alpha value is -0.810. The van der Waals surface area contributed by atoms with Crippen LogP contribution in [-0.4, -0.2) is 11.3 Å². The standard InChI is InChI=1S/C3HF5O/c4-1(2(5)9)3(6,7)8/h9H/b2-1-. The fourth-order valence-corrected chi connectivity index (χ4v) is 0.117. The molecule has 0 fully saturated rings. The van der Waals surface area contributed by atoms with Crippen molar-refractivity contribution < 1.29 is 27.1 Å². The van der Waals surface area contributed by atoms with Gasteiger partial charge in [-0.25, -0.2) is 0 Å². The highest BCUT2D eigenvalue weighted by Gasteiger charge is 2.38. The molecule has 0 aromatic rings. The van der Waals surface area contributed by atoms with E-state index in [0.717, 1.165) is 0 Å². The van der Waals surface area contributed by atoms with E-state index in [1.54, 1.807) is 0 Å². The van der Waals surface area contributed by atoms with Crippen molar-refractivity contribution in [1.82, 2.24) is 0 Å². The molecule has 0 aliphatic heterocycles. The van der Waals surface area contributed by atoms with E-state index in [4.69, 9.17) is 5.11 Å². The largest absolute Gasteiger partial charge is 0.484 e. The van der Waals surface area contributed by atoms with Gasteiger partial charge in [0.25, 0.3) is 5.83 Å². The maximum Gasteiger partial charge on any atom is 0.449 e. The lowest BCUT2D eigenvalue weighted by atomic mass is 10.6. The molecule has 0 bridgehead atoms. The van der Waals surface area contributed by atoms with Crippen LogP contribution in [0, 0.1) is 0 Å². The summed E-state index contributed by atoms with van der Waals surface area (Å²) in [6.45, 7) is 0. The van der Waals surface area contributed by atoms with Crippen molar-refractivity contribution in [2.24, 2.45) is 0 Å². The molecule has 0 aliphatic rings. The number of hydrogen-bond donors (Lipinski definition) is 1. The maximum absolute atomic E-state index is 11.2. The van der Waals surface area contributed by atoms with E-state index in [2.05, 4.69) is 0 Å². The summed E-state index contributed by atoms with van der Waals surface area (Å²) in [7, 11) is 0. The Labute approximate surface area is 46.4 Å². The predicted molar refractivity (Wildman–Crippen MR) is 17.9 cm³/mol. The van der Waals surface area contributed by atoms with Crippen LogP contribution in [0.2, 0.25) is 0 Å². The van der Waals surface area contributed by atoms with Crippen LogP contribution in [0.3, 0.4) is 0 Å². The normalized spacial score (nSPS) is 15.2. The van der Waals surface area contributed by atoms with Crippen LogP contribution in [0.15, 0.2) is 11.8 Å². The minimum atomic E-state index is -5.43. The van der Waals surface area contributed by atoms with Crippen LogP contribution in [0.4, 0.5) is 22.0 Å². The van der Waals surface area contributed by atoms with Gasteiger partial charge >= 0.3 is 12.2 Å². The molecule has 0 aromatic carbocycles. The smallest absolute Gasteiger partial charge is 0.449 e. The molecule has 0 radical (unpaired) electrons. The third-order valence-electron chi connectivity index (χ3n) is 0.430. The molecule has 0 heterocycles. The quantitative estimate of drug-likeness (QED) is 0.412. The summed E-state index contributed by atoms with van der Waals surface area (Å²) in [4.78, 5) is 0. The molecule has 0 spiro atoms. The molecule has 0 rings (SSSR count). The van der Waals surface area contributed by atoms with Crippen LogP contribution in [0.1, 0.15) is 0 Å². The van der Waals surface area contributed by atoms with Gasteiger partial charge in [0.2, 0.25) is 0 Å². The minimum Gasteiger partial charge on any atom is -0.484 e.